The van der Waals surface area contributed by atoms with E-state index in [-0.39, 0.29) is 18.6 Å². The van der Waals surface area contributed by atoms with E-state index in [1.165, 1.54) is 24.3 Å². The molecule has 2 rings (SSSR count). The van der Waals surface area contributed by atoms with Crippen molar-refractivity contribution in [3.05, 3.63) is 65.5 Å². The Hall–Kier alpha value is -3.22. The van der Waals surface area contributed by atoms with Gasteiger partial charge in [-0.2, -0.15) is 0 Å². The SMILES string of the molecule is CN(C)c1cccc(C(=O)NNC(=O)CCC(=O)c2ccc(F)cc2)c1. The highest BCUT2D eigenvalue weighted by Crippen LogP contribution is 2.13. The minimum Gasteiger partial charge on any atom is -0.378 e. The van der Waals surface area contributed by atoms with Gasteiger partial charge in [-0.05, 0) is 42.5 Å². The van der Waals surface area contributed by atoms with Crippen molar-refractivity contribution in [3.8, 4) is 0 Å². The molecule has 0 fully saturated rings. The number of carbonyl (C=O) groups excluding carboxylic acids is 3. The molecule has 0 atom stereocenters. The maximum Gasteiger partial charge on any atom is 0.269 e. The van der Waals surface area contributed by atoms with Crippen molar-refractivity contribution in [2.45, 2.75) is 12.8 Å². The summed E-state index contributed by atoms with van der Waals surface area (Å²) in [6.45, 7) is 0. The number of amides is 2. The van der Waals surface area contributed by atoms with Crippen LogP contribution in [0.5, 0.6) is 0 Å². The second kappa shape index (κ2) is 8.75. The molecule has 0 aliphatic heterocycles. The van der Waals surface area contributed by atoms with Gasteiger partial charge in [-0.15, -0.1) is 0 Å². The summed E-state index contributed by atoms with van der Waals surface area (Å²) in [7, 11) is 3.72. The molecular formula is C19H20FN3O3. The maximum absolute atomic E-state index is 12.8. The van der Waals surface area contributed by atoms with Crippen molar-refractivity contribution in [1.82, 2.24) is 10.9 Å². The van der Waals surface area contributed by atoms with Crippen molar-refractivity contribution in [2.24, 2.45) is 0 Å². The number of halogens is 1. The minimum atomic E-state index is -0.488. The molecule has 2 N–H and O–H groups in total. The molecule has 6 nitrogen and oxygen atoms in total. The number of ketones is 1. The lowest BCUT2D eigenvalue weighted by Crippen LogP contribution is -2.41. The summed E-state index contributed by atoms with van der Waals surface area (Å²) in [6.07, 6.45) is -0.127. The van der Waals surface area contributed by atoms with Crippen LogP contribution in [0.15, 0.2) is 48.5 Å². The van der Waals surface area contributed by atoms with Gasteiger partial charge in [-0.1, -0.05) is 6.07 Å². The standard InChI is InChI=1S/C19H20FN3O3/c1-23(2)16-5-3-4-14(12-16)19(26)22-21-18(25)11-10-17(24)13-6-8-15(20)9-7-13/h3-9,12H,10-11H2,1-2H3,(H,21,25)(H,22,26). The number of rotatable bonds is 6. The molecule has 0 aromatic heterocycles. The number of hydrogen-bond donors (Lipinski definition) is 2. The van der Waals surface area contributed by atoms with Gasteiger partial charge in [0.25, 0.3) is 5.91 Å². The Morgan fingerprint density at radius 3 is 2.27 bits per heavy atom. The van der Waals surface area contributed by atoms with E-state index in [9.17, 15) is 18.8 Å². The first-order valence-corrected chi connectivity index (χ1v) is 8.02. The second-order valence-electron chi connectivity index (χ2n) is 5.88. The molecule has 0 aliphatic carbocycles. The van der Waals surface area contributed by atoms with E-state index in [1.807, 2.05) is 25.1 Å². The number of anilines is 1. The van der Waals surface area contributed by atoms with Crippen LogP contribution >= 0.6 is 0 Å². The number of benzene rings is 2. The molecule has 0 saturated heterocycles. The van der Waals surface area contributed by atoms with Crippen molar-refractivity contribution in [1.29, 1.82) is 0 Å². The van der Waals surface area contributed by atoms with Gasteiger partial charge >= 0.3 is 0 Å². The molecule has 0 aliphatic rings. The van der Waals surface area contributed by atoms with Crippen LogP contribution in [0.3, 0.4) is 0 Å². The highest BCUT2D eigenvalue weighted by Gasteiger charge is 2.11. The van der Waals surface area contributed by atoms with Gasteiger partial charge < -0.3 is 4.90 Å². The Bertz CT molecular complexity index is 804. The van der Waals surface area contributed by atoms with Crippen LogP contribution in [0.1, 0.15) is 33.6 Å². The highest BCUT2D eigenvalue weighted by molar-refractivity contribution is 5.99. The topological polar surface area (TPSA) is 78.5 Å². The van der Waals surface area contributed by atoms with Crippen molar-refractivity contribution >= 4 is 23.3 Å². The lowest BCUT2D eigenvalue weighted by Gasteiger charge is -2.13. The van der Waals surface area contributed by atoms with E-state index in [2.05, 4.69) is 10.9 Å². The van der Waals surface area contributed by atoms with Crippen LogP contribution < -0.4 is 15.8 Å². The summed E-state index contributed by atoms with van der Waals surface area (Å²) in [5, 5.41) is 0. The van der Waals surface area contributed by atoms with Gasteiger partial charge in [0.2, 0.25) is 5.91 Å². The summed E-state index contributed by atoms with van der Waals surface area (Å²) in [6, 6.07) is 12.0. The van der Waals surface area contributed by atoms with E-state index >= 15 is 0 Å². The van der Waals surface area contributed by atoms with E-state index in [0.29, 0.717) is 11.1 Å². The van der Waals surface area contributed by atoms with E-state index in [1.54, 1.807) is 18.2 Å². The fourth-order valence-electron chi connectivity index (χ4n) is 2.19. The number of hydrogen-bond acceptors (Lipinski definition) is 4. The quantitative estimate of drug-likeness (QED) is 0.614. The molecule has 0 unspecified atom stereocenters. The third kappa shape index (κ3) is 5.41. The average molecular weight is 357 g/mol. The summed E-state index contributed by atoms with van der Waals surface area (Å²) in [4.78, 5) is 37.7. The molecule has 0 spiro atoms. The van der Waals surface area contributed by atoms with Gasteiger partial charge in [0.1, 0.15) is 5.82 Å². The minimum absolute atomic E-state index is 0.0382. The van der Waals surface area contributed by atoms with Crippen molar-refractivity contribution in [2.75, 3.05) is 19.0 Å². The smallest absolute Gasteiger partial charge is 0.269 e. The van der Waals surface area contributed by atoms with E-state index in [0.717, 1.165) is 5.69 Å². The largest absolute Gasteiger partial charge is 0.378 e. The number of nitrogens with zero attached hydrogens (tertiary/aromatic N) is 1. The van der Waals surface area contributed by atoms with Crippen LogP contribution in [0.4, 0.5) is 10.1 Å². The normalized spacial score (nSPS) is 10.1. The van der Waals surface area contributed by atoms with Crippen LogP contribution in [-0.2, 0) is 4.79 Å². The first-order chi connectivity index (χ1) is 12.4. The maximum atomic E-state index is 12.8. The zero-order valence-electron chi connectivity index (χ0n) is 14.6. The van der Waals surface area contributed by atoms with Gasteiger partial charge in [0.05, 0.1) is 0 Å². The summed E-state index contributed by atoms with van der Waals surface area (Å²) in [5.74, 6) is -1.64. The lowest BCUT2D eigenvalue weighted by molar-refractivity contribution is -0.121. The van der Waals surface area contributed by atoms with Crippen LogP contribution in [0.25, 0.3) is 0 Å². The molecule has 2 amide bonds. The van der Waals surface area contributed by atoms with Gasteiger partial charge in [-0.3, -0.25) is 25.2 Å². The van der Waals surface area contributed by atoms with Gasteiger partial charge in [0, 0.05) is 43.8 Å². The first-order valence-electron chi connectivity index (χ1n) is 8.02. The Morgan fingerprint density at radius 1 is 0.923 bits per heavy atom. The van der Waals surface area contributed by atoms with Gasteiger partial charge in [-0.25, -0.2) is 4.39 Å². The average Bonchev–Trinajstić information content (AvgIpc) is 2.64. The fourth-order valence-corrected chi connectivity index (χ4v) is 2.19. The van der Waals surface area contributed by atoms with Crippen molar-refractivity contribution in [3.63, 3.8) is 0 Å². The summed E-state index contributed by atoms with van der Waals surface area (Å²) in [5.41, 5.74) is 6.19. The third-order valence-corrected chi connectivity index (χ3v) is 3.69. The molecule has 7 heteroatoms. The second-order valence-corrected chi connectivity index (χ2v) is 5.88. The zero-order chi connectivity index (χ0) is 19.1. The highest BCUT2D eigenvalue weighted by atomic mass is 19.1. The molecule has 0 saturated carbocycles. The van der Waals surface area contributed by atoms with Crippen LogP contribution in [0.2, 0.25) is 0 Å². The number of Topliss-reactive ketones (excluding diaryl/α,β-unsaturated/α-hetero) is 1. The van der Waals surface area contributed by atoms with E-state index in [4.69, 9.17) is 0 Å². The Kier molecular flexibility index (Phi) is 6.43. The lowest BCUT2D eigenvalue weighted by atomic mass is 10.1. The number of hydrazine groups is 1. The fraction of sp³-hybridized carbons (Fsp3) is 0.211. The third-order valence-electron chi connectivity index (χ3n) is 3.69. The summed E-state index contributed by atoms with van der Waals surface area (Å²) >= 11 is 0. The summed E-state index contributed by atoms with van der Waals surface area (Å²) < 4.78 is 12.8. The Labute approximate surface area is 151 Å². The van der Waals surface area contributed by atoms with Gasteiger partial charge in [0.15, 0.2) is 5.78 Å². The Balaban J connectivity index is 1.81. The van der Waals surface area contributed by atoms with Crippen LogP contribution in [-0.4, -0.2) is 31.7 Å². The monoisotopic (exact) mass is 357 g/mol. The zero-order valence-corrected chi connectivity index (χ0v) is 14.6. The van der Waals surface area contributed by atoms with E-state index < -0.39 is 17.6 Å². The molecule has 0 bridgehead atoms. The predicted molar refractivity (Wildman–Crippen MR) is 96.3 cm³/mol. The Morgan fingerprint density at radius 2 is 1.62 bits per heavy atom. The first kappa shape index (κ1) is 19.1. The number of carbonyl (C=O) groups is 3. The predicted octanol–water partition coefficient (Wildman–Crippen LogP) is 2.32. The molecule has 136 valence electrons. The van der Waals surface area contributed by atoms with Crippen LogP contribution in [0, 0.1) is 5.82 Å². The van der Waals surface area contributed by atoms with Crippen molar-refractivity contribution < 1.29 is 18.8 Å². The molecule has 26 heavy (non-hydrogen) atoms. The molecule has 2 aromatic carbocycles. The molecular weight excluding hydrogens is 337 g/mol. The molecule has 2 aromatic rings. The number of nitrogens with one attached hydrogen (secondary N) is 2. The molecule has 0 heterocycles. The molecule has 0 radical (unpaired) electrons.